The number of nitrogens with zero attached hydrogens (tertiary/aromatic N) is 2. The first-order valence-corrected chi connectivity index (χ1v) is 6.74. The summed E-state index contributed by atoms with van der Waals surface area (Å²) in [4.78, 5) is 12.5. The van der Waals surface area contributed by atoms with E-state index in [4.69, 9.17) is 15.1 Å². The molecule has 0 radical (unpaired) electrons. The zero-order valence-corrected chi connectivity index (χ0v) is 11.5. The molecule has 3 N–H and O–H groups in total. The highest BCUT2D eigenvalue weighted by Gasteiger charge is 2.43. The molecule has 4 atom stereocenters. The fourth-order valence-electron chi connectivity index (χ4n) is 2.64. The summed E-state index contributed by atoms with van der Waals surface area (Å²) in [6.07, 6.45) is -3.15. The topological polar surface area (TPSA) is 116 Å². The van der Waals surface area contributed by atoms with Crippen molar-refractivity contribution in [3.05, 3.63) is 46.4 Å². The molecule has 7 nitrogen and oxygen atoms in total. The molecule has 22 heavy (non-hydrogen) atoms. The Hall–Kier alpha value is -2.24. The molecule has 0 spiro atoms. The maximum Gasteiger partial charge on any atom is 0.260 e. The van der Waals surface area contributed by atoms with Crippen molar-refractivity contribution in [2.75, 3.05) is 6.61 Å². The van der Waals surface area contributed by atoms with Gasteiger partial charge in [-0.05, 0) is 29.7 Å². The summed E-state index contributed by atoms with van der Waals surface area (Å²) < 4.78 is 6.53. The number of pyridine rings is 1. The highest BCUT2D eigenvalue weighted by Crippen LogP contribution is 2.28. The van der Waals surface area contributed by atoms with Gasteiger partial charge in [-0.25, -0.2) is 0 Å². The molecule has 0 aliphatic carbocycles. The van der Waals surface area contributed by atoms with E-state index < -0.39 is 36.7 Å². The third-order valence-corrected chi connectivity index (χ3v) is 3.85. The van der Waals surface area contributed by atoms with Gasteiger partial charge in [0.1, 0.15) is 18.3 Å². The smallest absolute Gasteiger partial charge is 0.260 e. The van der Waals surface area contributed by atoms with Gasteiger partial charge in [-0.1, -0.05) is 0 Å². The van der Waals surface area contributed by atoms with Gasteiger partial charge in [0.2, 0.25) is 0 Å². The number of aliphatic hydroxyl groups excluding tert-OH is 3. The van der Waals surface area contributed by atoms with Crippen LogP contribution >= 0.6 is 0 Å². The molecule has 0 bridgehead atoms. The highest BCUT2D eigenvalue weighted by atomic mass is 16.6. The molecule has 114 valence electrons. The molecule has 1 aromatic carbocycles. The minimum Gasteiger partial charge on any atom is -0.394 e. The molecule has 0 amide bonds. The Labute approximate surface area is 125 Å². The van der Waals surface area contributed by atoms with Crippen molar-refractivity contribution in [1.82, 2.24) is 4.57 Å². The quantitative estimate of drug-likeness (QED) is 0.688. The second-order valence-corrected chi connectivity index (χ2v) is 5.17. The van der Waals surface area contributed by atoms with Crippen LogP contribution < -0.4 is 5.56 Å². The van der Waals surface area contributed by atoms with Crippen LogP contribution in [0, 0.1) is 11.3 Å². The summed E-state index contributed by atoms with van der Waals surface area (Å²) in [6.45, 7) is -0.456. The predicted octanol–water partition coefficient (Wildman–Crippen LogP) is -0.515. The maximum absolute atomic E-state index is 12.5. The number of aliphatic hydroxyl groups is 3. The number of hydrogen-bond acceptors (Lipinski definition) is 6. The lowest BCUT2D eigenvalue weighted by Gasteiger charge is -2.18. The van der Waals surface area contributed by atoms with E-state index in [1.165, 1.54) is 22.9 Å². The van der Waals surface area contributed by atoms with Crippen LogP contribution in [-0.4, -0.2) is 44.8 Å². The molecule has 3 rings (SSSR count). The molecule has 1 aliphatic rings. The van der Waals surface area contributed by atoms with Crippen LogP contribution in [0.4, 0.5) is 0 Å². The first-order valence-electron chi connectivity index (χ1n) is 6.74. The van der Waals surface area contributed by atoms with Gasteiger partial charge in [0.25, 0.3) is 5.56 Å². The minimum absolute atomic E-state index is 0.374. The summed E-state index contributed by atoms with van der Waals surface area (Å²) in [6, 6.07) is 8.30. The lowest BCUT2D eigenvalue weighted by atomic mass is 10.1. The van der Waals surface area contributed by atoms with E-state index in [1.807, 2.05) is 6.07 Å². The Kier molecular flexibility index (Phi) is 3.68. The maximum atomic E-state index is 12.5. The van der Waals surface area contributed by atoms with Crippen molar-refractivity contribution < 1.29 is 20.1 Å². The van der Waals surface area contributed by atoms with Gasteiger partial charge in [0.15, 0.2) is 6.23 Å². The Morgan fingerprint density at radius 1 is 1.27 bits per heavy atom. The molecule has 1 fully saturated rings. The van der Waals surface area contributed by atoms with Crippen molar-refractivity contribution in [2.45, 2.75) is 24.5 Å². The molecule has 1 saturated heterocycles. The summed E-state index contributed by atoms with van der Waals surface area (Å²) in [5, 5.41) is 38.7. The van der Waals surface area contributed by atoms with Crippen LogP contribution in [0.2, 0.25) is 0 Å². The molecule has 1 aromatic heterocycles. The second kappa shape index (κ2) is 5.51. The van der Waals surface area contributed by atoms with Crippen LogP contribution in [0.3, 0.4) is 0 Å². The molecular weight excluding hydrogens is 288 g/mol. The van der Waals surface area contributed by atoms with E-state index in [0.29, 0.717) is 16.3 Å². The second-order valence-electron chi connectivity index (χ2n) is 5.17. The van der Waals surface area contributed by atoms with E-state index in [9.17, 15) is 15.0 Å². The number of fused-ring (bicyclic) bond motifs is 1. The Morgan fingerprint density at radius 3 is 2.68 bits per heavy atom. The monoisotopic (exact) mass is 302 g/mol. The van der Waals surface area contributed by atoms with Crippen molar-refractivity contribution in [3.8, 4) is 6.07 Å². The lowest BCUT2D eigenvalue weighted by Crippen LogP contribution is -2.35. The highest BCUT2D eigenvalue weighted by molar-refractivity contribution is 5.82. The standard InChI is InChI=1S/C15H14N2O5/c16-6-8-1-2-10-9(5-8)3-4-17(14(10)21)15-13(20)12(19)11(7-18)22-15/h1-5,11-13,15,18-20H,7H2/t11-,12-,13+,15-/m1/s1. The number of nitriles is 1. The Balaban J connectivity index is 2.08. The van der Waals surface area contributed by atoms with Crippen LogP contribution in [0.5, 0.6) is 0 Å². The molecule has 1 aliphatic heterocycles. The van der Waals surface area contributed by atoms with Crippen molar-refractivity contribution in [3.63, 3.8) is 0 Å². The molecule has 7 heteroatoms. The Bertz CT molecular complexity index is 810. The summed E-state index contributed by atoms with van der Waals surface area (Å²) in [5.41, 5.74) is 0.0365. The Morgan fingerprint density at radius 2 is 2.05 bits per heavy atom. The van der Waals surface area contributed by atoms with Gasteiger partial charge in [-0.15, -0.1) is 0 Å². The zero-order valence-electron chi connectivity index (χ0n) is 11.5. The van der Waals surface area contributed by atoms with E-state index in [1.54, 1.807) is 12.1 Å². The fourth-order valence-corrected chi connectivity index (χ4v) is 2.64. The third kappa shape index (κ3) is 2.19. The van der Waals surface area contributed by atoms with E-state index >= 15 is 0 Å². The van der Waals surface area contributed by atoms with E-state index in [2.05, 4.69) is 0 Å². The summed E-state index contributed by atoms with van der Waals surface area (Å²) in [5.74, 6) is 0. The van der Waals surface area contributed by atoms with Crippen LogP contribution in [0.15, 0.2) is 35.3 Å². The van der Waals surface area contributed by atoms with Crippen LogP contribution in [-0.2, 0) is 4.74 Å². The molecular formula is C15H14N2O5. The van der Waals surface area contributed by atoms with Crippen molar-refractivity contribution in [2.24, 2.45) is 0 Å². The van der Waals surface area contributed by atoms with Crippen LogP contribution in [0.25, 0.3) is 10.8 Å². The number of benzene rings is 1. The van der Waals surface area contributed by atoms with Crippen molar-refractivity contribution >= 4 is 10.8 Å². The summed E-state index contributed by atoms with van der Waals surface area (Å²) in [7, 11) is 0. The molecule has 2 heterocycles. The van der Waals surface area contributed by atoms with E-state index in [0.717, 1.165) is 0 Å². The minimum atomic E-state index is -1.31. The predicted molar refractivity (Wildman–Crippen MR) is 75.9 cm³/mol. The largest absolute Gasteiger partial charge is 0.394 e. The van der Waals surface area contributed by atoms with Gasteiger partial charge >= 0.3 is 0 Å². The van der Waals surface area contributed by atoms with Gasteiger partial charge in [-0.2, -0.15) is 5.26 Å². The van der Waals surface area contributed by atoms with Gasteiger partial charge in [0, 0.05) is 11.6 Å². The normalized spacial score (nSPS) is 27.9. The average molecular weight is 302 g/mol. The SMILES string of the molecule is N#Cc1ccc2c(=O)n([C@@H]3O[C@H](CO)[C@@H](O)[C@@H]3O)ccc2c1. The van der Waals surface area contributed by atoms with Gasteiger partial charge in [0.05, 0.1) is 18.2 Å². The average Bonchev–Trinajstić information content (AvgIpc) is 2.83. The summed E-state index contributed by atoms with van der Waals surface area (Å²) >= 11 is 0. The molecule has 2 aromatic rings. The van der Waals surface area contributed by atoms with Crippen molar-refractivity contribution in [1.29, 1.82) is 5.26 Å². The van der Waals surface area contributed by atoms with Crippen LogP contribution in [0.1, 0.15) is 11.8 Å². The third-order valence-electron chi connectivity index (χ3n) is 3.85. The number of aromatic nitrogens is 1. The zero-order chi connectivity index (χ0) is 15.9. The number of rotatable bonds is 2. The molecule has 0 unspecified atom stereocenters. The first-order chi connectivity index (χ1) is 10.6. The van der Waals surface area contributed by atoms with Gasteiger partial charge in [-0.3, -0.25) is 9.36 Å². The fraction of sp³-hybridized carbons (Fsp3) is 0.333. The number of ether oxygens (including phenoxy) is 1. The molecule has 0 saturated carbocycles. The lowest BCUT2D eigenvalue weighted by molar-refractivity contribution is -0.0541. The van der Waals surface area contributed by atoms with E-state index in [-0.39, 0.29) is 0 Å². The number of hydrogen-bond donors (Lipinski definition) is 3. The first kappa shape index (κ1) is 14.7. The van der Waals surface area contributed by atoms with Gasteiger partial charge < -0.3 is 20.1 Å².